The maximum absolute atomic E-state index is 13.7. The molecule has 200 valence electrons. The average molecular weight is 582 g/mol. The molecule has 16 nitrogen and oxygen atoms in total. The highest BCUT2D eigenvalue weighted by atomic mass is 35.5. The summed E-state index contributed by atoms with van der Waals surface area (Å²) in [6.07, 6.45) is -2.27. The van der Waals surface area contributed by atoms with Crippen LogP contribution < -0.4 is 5.43 Å². The number of ether oxygens (including phenoxy) is 1. The molecule has 1 unspecified atom stereocenters. The molecule has 20 heteroatoms. The predicted molar refractivity (Wildman–Crippen MR) is 124 cm³/mol. The molecule has 6 N–H and O–H groups in total. The van der Waals surface area contributed by atoms with Crippen LogP contribution in [0.15, 0.2) is 29.6 Å². The summed E-state index contributed by atoms with van der Waals surface area (Å²) in [6, 6.07) is 2.96. The first-order chi connectivity index (χ1) is 17.3. The summed E-state index contributed by atoms with van der Waals surface area (Å²) >= 11 is 6.01. The van der Waals surface area contributed by atoms with Gasteiger partial charge in [0.1, 0.15) is 18.3 Å². The molecule has 0 spiro atoms. The first-order valence-electron chi connectivity index (χ1n) is 10.2. The molecule has 3 aromatic rings. The fourth-order valence-corrected chi connectivity index (χ4v) is 6.09. The van der Waals surface area contributed by atoms with Crippen molar-refractivity contribution in [2.24, 2.45) is 5.10 Å². The largest absolute Gasteiger partial charge is 0.387 e. The summed E-state index contributed by atoms with van der Waals surface area (Å²) in [4.78, 5) is 38.9. The van der Waals surface area contributed by atoms with Gasteiger partial charge in [0.15, 0.2) is 23.6 Å². The number of hydrazone groups is 1. The number of anilines is 1. The molecule has 0 bridgehead atoms. The van der Waals surface area contributed by atoms with Gasteiger partial charge in [0.25, 0.3) is 0 Å². The van der Waals surface area contributed by atoms with Crippen molar-refractivity contribution in [2.75, 3.05) is 17.9 Å². The molecule has 1 saturated heterocycles. The van der Waals surface area contributed by atoms with Crippen LogP contribution in [-0.2, 0) is 18.4 Å². The summed E-state index contributed by atoms with van der Waals surface area (Å²) in [6.45, 7) is -0.774. The van der Waals surface area contributed by atoms with E-state index in [1.807, 2.05) is 0 Å². The van der Waals surface area contributed by atoms with Crippen LogP contribution in [0.5, 0.6) is 0 Å². The molecule has 37 heavy (non-hydrogen) atoms. The van der Waals surface area contributed by atoms with E-state index >= 15 is 0 Å². The normalized spacial score (nSPS) is 24.1. The lowest BCUT2D eigenvalue weighted by atomic mass is 10.1. The molecular formula is C17H19ClFN7O9P2. The number of aromatic nitrogens is 5. The van der Waals surface area contributed by atoms with Crippen LogP contribution in [0.25, 0.3) is 11.0 Å². The van der Waals surface area contributed by atoms with Crippen LogP contribution in [0.1, 0.15) is 11.8 Å². The Labute approximate surface area is 211 Å². The molecule has 1 aliphatic rings. The zero-order valence-corrected chi connectivity index (χ0v) is 20.9. The first-order valence-corrected chi connectivity index (χ1v) is 14.1. The van der Waals surface area contributed by atoms with Crippen molar-refractivity contribution in [3.8, 4) is 0 Å². The molecule has 0 aromatic carbocycles. The van der Waals surface area contributed by atoms with E-state index in [4.69, 9.17) is 26.1 Å². The second kappa shape index (κ2) is 10.7. The van der Waals surface area contributed by atoms with E-state index in [0.29, 0.717) is 0 Å². The number of fused-ring (bicyclic) bond motifs is 1. The monoisotopic (exact) mass is 581 g/mol. The van der Waals surface area contributed by atoms with Gasteiger partial charge in [0, 0.05) is 11.8 Å². The summed E-state index contributed by atoms with van der Waals surface area (Å²) in [5.74, 6) is -2.11. The van der Waals surface area contributed by atoms with Gasteiger partial charge in [-0.15, -0.1) is 0 Å². The quantitative estimate of drug-likeness (QED) is 0.0660. The number of rotatable bonds is 9. The molecule has 0 saturated carbocycles. The van der Waals surface area contributed by atoms with E-state index in [-0.39, 0.29) is 27.7 Å². The van der Waals surface area contributed by atoms with Gasteiger partial charge < -0.3 is 34.2 Å². The van der Waals surface area contributed by atoms with E-state index in [0.717, 1.165) is 10.9 Å². The van der Waals surface area contributed by atoms with Gasteiger partial charge in [0.2, 0.25) is 11.2 Å². The number of aliphatic hydroxyl groups is 2. The third-order valence-electron chi connectivity index (χ3n) is 4.97. The van der Waals surface area contributed by atoms with Crippen molar-refractivity contribution in [1.82, 2.24) is 24.7 Å². The Morgan fingerprint density at radius 1 is 1.27 bits per heavy atom. The summed E-state index contributed by atoms with van der Waals surface area (Å²) < 4.78 is 47.8. The van der Waals surface area contributed by atoms with Gasteiger partial charge >= 0.3 is 15.2 Å². The van der Waals surface area contributed by atoms with Gasteiger partial charge in [-0.25, -0.2) is 9.67 Å². The van der Waals surface area contributed by atoms with Gasteiger partial charge in [-0.1, -0.05) is 0 Å². The van der Waals surface area contributed by atoms with Crippen molar-refractivity contribution in [3.63, 3.8) is 0 Å². The van der Waals surface area contributed by atoms with Crippen LogP contribution in [0, 0.1) is 5.95 Å². The van der Waals surface area contributed by atoms with Crippen molar-refractivity contribution in [2.45, 2.75) is 24.5 Å². The second-order valence-corrected chi connectivity index (χ2v) is 12.0. The highest BCUT2D eigenvalue weighted by Gasteiger charge is 2.46. The smallest absolute Gasteiger partial charge is 0.340 e. The molecule has 3 aromatic heterocycles. The topological polar surface area (TPSA) is 235 Å². The van der Waals surface area contributed by atoms with Gasteiger partial charge in [-0.3, -0.25) is 14.6 Å². The van der Waals surface area contributed by atoms with E-state index in [2.05, 4.69) is 35.1 Å². The van der Waals surface area contributed by atoms with E-state index in [9.17, 15) is 28.6 Å². The molecule has 5 atom stereocenters. The van der Waals surface area contributed by atoms with Crippen LogP contribution in [-0.4, -0.2) is 86.7 Å². The fourth-order valence-electron chi connectivity index (χ4n) is 3.36. The molecule has 1 aliphatic heterocycles. The van der Waals surface area contributed by atoms with Crippen molar-refractivity contribution in [3.05, 3.63) is 41.3 Å². The zero-order valence-electron chi connectivity index (χ0n) is 18.3. The van der Waals surface area contributed by atoms with Gasteiger partial charge in [0.05, 0.1) is 24.4 Å². The maximum Gasteiger partial charge on any atom is 0.340 e. The van der Waals surface area contributed by atoms with Crippen LogP contribution in [0.4, 0.5) is 10.2 Å². The number of nitrogens with zero attached hydrogens (tertiary/aromatic N) is 6. The third-order valence-corrected chi connectivity index (χ3v) is 8.60. The molecule has 0 aliphatic carbocycles. The third kappa shape index (κ3) is 6.53. The lowest BCUT2D eigenvalue weighted by molar-refractivity contribution is -0.0541. The Morgan fingerprint density at radius 2 is 2.03 bits per heavy atom. The highest BCUT2D eigenvalue weighted by Crippen LogP contribution is 2.55. The SMILES string of the molecule is O=P(O)(O)CP(=O)(O)OC[C@H]1O[C@@H](n2ncc3c(N/N=C/c4cccnc4F)nc(Cl)nc32)[C@H](O)[C@@H]1O. The van der Waals surface area contributed by atoms with Crippen LogP contribution in [0.3, 0.4) is 0 Å². The molecular weight excluding hydrogens is 563 g/mol. The average Bonchev–Trinajstić information content (AvgIpc) is 3.33. The molecule has 4 heterocycles. The first kappa shape index (κ1) is 27.6. The maximum atomic E-state index is 13.7. The van der Waals surface area contributed by atoms with Crippen molar-refractivity contribution in [1.29, 1.82) is 0 Å². The molecule has 0 radical (unpaired) electrons. The Kier molecular flexibility index (Phi) is 8.02. The summed E-state index contributed by atoms with van der Waals surface area (Å²) in [7, 11) is -9.59. The summed E-state index contributed by atoms with van der Waals surface area (Å²) in [5.41, 5.74) is 2.72. The van der Waals surface area contributed by atoms with Crippen molar-refractivity contribution >= 4 is 49.9 Å². The van der Waals surface area contributed by atoms with Crippen LogP contribution in [0.2, 0.25) is 5.28 Å². The van der Waals surface area contributed by atoms with Gasteiger partial charge in [-0.05, 0) is 23.7 Å². The van der Waals surface area contributed by atoms with Gasteiger partial charge in [-0.2, -0.15) is 24.6 Å². The Morgan fingerprint density at radius 3 is 2.73 bits per heavy atom. The lowest BCUT2D eigenvalue weighted by Gasteiger charge is -2.18. The number of hydrogen-bond acceptors (Lipinski definition) is 12. The molecule has 4 rings (SSSR count). The standard InChI is InChI=1S/C17H19ClFN7O9P2/c18-17-23-14(25-21-4-8-2-1-3-20-13(8)19)9-5-22-26(15(9)24-17)16-12(28)11(27)10(35-16)6-34-37(32,33)7-36(29,30)31/h1-5,10-12,16,27-28H,6-7H2,(H,32,33)(H,23,24,25)(H2,29,30,31)/b21-4+/t10-,11-,12-,16-/m1/s1. The minimum atomic E-state index is -4.86. The Bertz CT molecular complexity index is 1420. The minimum Gasteiger partial charge on any atom is -0.387 e. The number of hydrogen-bond donors (Lipinski definition) is 6. The number of aliphatic hydroxyl groups excluding tert-OH is 2. The van der Waals surface area contributed by atoms with E-state index in [1.165, 1.54) is 24.5 Å². The Balaban J connectivity index is 1.53. The van der Waals surface area contributed by atoms with Crippen molar-refractivity contribution < 1.29 is 47.7 Å². The minimum absolute atomic E-state index is 0.0393. The molecule has 1 fully saturated rings. The van der Waals surface area contributed by atoms with E-state index in [1.54, 1.807) is 0 Å². The predicted octanol–water partition coefficient (Wildman–Crippen LogP) is 0.416. The highest BCUT2D eigenvalue weighted by molar-refractivity contribution is 7.70. The fraction of sp³-hybridized carbons (Fsp3) is 0.353. The molecule has 0 amide bonds. The lowest BCUT2D eigenvalue weighted by Crippen LogP contribution is -2.33. The Hall–Kier alpha value is -2.43. The zero-order chi connectivity index (χ0) is 27.0. The summed E-state index contributed by atoms with van der Waals surface area (Å²) in [5, 5.41) is 28.8. The van der Waals surface area contributed by atoms with E-state index < -0.39 is 58.2 Å². The number of nitrogens with one attached hydrogen (secondary N) is 1. The second-order valence-electron chi connectivity index (χ2n) is 7.71. The number of halogens is 2. The van der Waals surface area contributed by atoms with Crippen LogP contribution >= 0.6 is 26.8 Å². The number of pyridine rings is 1.